The van der Waals surface area contributed by atoms with Crippen molar-refractivity contribution in [1.82, 2.24) is 4.90 Å². The Morgan fingerprint density at radius 1 is 0.824 bits per heavy atom. The minimum Gasteiger partial charge on any atom is -0.462 e. The molecule has 3 aliphatic heterocycles. The summed E-state index contributed by atoms with van der Waals surface area (Å²) in [5.74, 6) is 0.251. The summed E-state index contributed by atoms with van der Waals surface area (Å²) in [7, 11) is 7.60. The highest BCUT2D eigenvalue weighted by Gasteiger charge is 2.52. The summed E-state index contributed by atoms with van der Waals surface area (Å²) in [5, 5.41) is 0. The second-order valence-electron chi connectivity index (χ2n) is 16.6. The molecule has 16 atom stereocenters. The van der Waals surface area contributed by atoms with Gasteiger partial charge in [-0.3, -0.25) is 9.59 Å². The zero-order valence-electron chi connectivity index (χ0n) is 32.6. The van der Waals surface area contributed by atoms with Crippen LogP contribution in [0.4, 0.5) is 0 Å². The van der Waals surface area contributed by atoms with Crippen LogP contribution in [0.1, 0.15) is 98.8 Å². The number of carbonyl (C=O) groups is 2. The Morgan fingerprint density at radius 2 is 1.59 bits per heavy atom. The van der Waals surface area contributed by atoms with Crippen LogP contribution in [0.5, 0.6) is 0 Å². The minimum atomic E-state index is -0.357. The predicted molar refractivity (Wildman–Crippen MR) is 193 cm³/mol. The Balaban J connectivity index is 1.21. The number of likely N-dealkylation sites (N-methyl/N-ethyl adjacent to an activating group) is 1. The maximum Gasteiger partial charge on any atom is 0.306 e. The molecule has 0 aromatic heterocycles. The van der Waals surface area contributed by atoms with E-state index in [9.17, 15) is 9.59 Å². The van der Waals surface area contributed by atoms with E-state index < -0.39 is 0 Å². The molecule has 0 amide bonds. The van der Waals surface area contributed by atoms with Crippen molar-refractivity contribution in [1.29, 1.82) is 0 Å². The zero-order valence-corrected chi connectivity index (χ0v) is 32.6. The third-order valence-corrected chi connectivity index (χ3v) is 13.3. The van der Waals surface area contributed by atoms with Crippen molar-refractivity contribution in [3.05, 3.63) is 23.3 Å². The molecule has 3 saturated heterocycles. The van der Waals surface area contributed by atoms with Crippen LogP contribution in [-0.4, -0.2) is 106 Å². The molecular weight excluding hydrogens is 650 g/mol. The number of hydrogen-bond acceptors (Lipinski definition) is 10. The third-order valence-electron chi connectivity index (χ3n) is 13.3. The summed E-state index contributed by atoms with van der Waals surface area (Å²) >= 11 is 0. The number of nitrogens with zero attached hydrogens (tertiary/aromatic N) is 1. The van der Waals surface area contributed by atoms with Crippen molar-refractivity contribution in [3.8, 4) is 0 Å². The number of fused-ring (bicyclic) bond motifs is 5. The van der Waals surface area contributed by atoms with Gasteiger partial charge in [0.2, 0.25) is 0 Å². The molecule has 6 aliphatic rings. The molecule has 3 heterocycles. The largest absolute Gasteiger partial charge is 0.462 e. The van der Waals surface area contributed by atoms with E-state index in [0.717, 1.165) is 56.9 Å². The molecule has 0 bridgehead atoms. The normalized spacial score (nSPS) is 45.1. The number of esters is 1. The van der Waals surface area contributed by atoms with Gasteiger partial charge in [-0.05, 0) is 115 Å². The first-order chi connectivity index (χ1) is 24.4. The van der Waals surface area contributed by atoms with E-state index in [1.807, 2.05) is 13.8 Å². The molecule has 6 rings (SSSR count). The molecular formula is C41H65NO9. The molecule has 0 unspecified atom stereocenters. The van der Waals surface area contributed by atoms with Gasteiger partial charge >= 0.3 is 5.97 Å². The molecule has 0 spiro atoms. The van der Waals surface area contributed by atoms with Crippen LogP contribution in [0.2, 0.25) is 0 Å². The standard InChI is InChI=1S/C41H65NO9/c1-10-26-12-11-13-35(51-38-15-14-34(42(6)7)24(4)47-38)23(3)40(44)33-19-31-29(32(33)20-37(43)49-26)16-22(2)28-17-27(18-30(28)31)50-39-21-36(45-8)41(46-9)25(5)48-39/h16,19,23-32,34-36,38-39,41H,10-15,17-18,20-21H2,1-9H3/t23-,24-,25+,26+,27-,28+,29-,30-,31-,32+,34+,35+,36+,38+,39+,41+/m1/s1. The number of hydrogen-bond donors (Lipinski definition) is 0. The van der Waals surface area contributed by atoms with Gasteiger partial charge in [-0.25, -0.2) is 0 Å². The molecule has 10 heteroatoms. The number of ether oxygens (including phenoxy) is 7. The molecule has 3 aliphatic carbocycles. The van der Waals surface area contributed by atoms with Crippen LogP contribution >= 0.6 is 0 Å². The van der Waals surface area contributed by atoms with E-state index in [4.69, 9.17) is 33.2 Å². The first-order valence-corrected chi connectivity index (χ1v) is 19.9. The summed E-state index contributed by atoms with van der Waals surface area (Å²) in [4.78, 5) is 30.4. The smallest absolute Gasteiger partial charge is 0.306 e. The molecule has 1 saturated carbocycles. The second kappa shape index (κ2) is 16.8. The molecule has 0 N–H and O–H groups in total. The van der Waals surface area contributed by atoms with Crippen LogP contribution in [0.15, 0.2) is 23.3 Å². The number of allylic oxidation sites excluding steroid dienone is 4. The number of cyclic esters (lactones) is 1. The van der Waals surface area contributed by atoms with Crippen molar-refractivity contribution in [2.75, 3.05) is 28.3 Å². The van der Waals surface area contributed by atoms with Gasteiger partial charge in [0.25, 0.3) is 0 Å². The fourth-order valence-corrected chi connectivity index (χ4v) is 10.5. The van der Waals surface area contributed by atoms with Crippen LogP contribution in [0, 0.1) is 35.5 Å². The molecule has 10 nitrogen and oxygen atoms in total. The van der Waals surface area contributed by atoms with Gasteiger partial charge < -0.3 is 38.1 Å². The Kier molecular flexibility index (Phi) is 12.8. The second-order valence-corrected chi connectivity index (χ2v) is 16.6. The lowest BCUT2D eigenvalue weighted by atomic mass is 9.67. The Hall–Kier alpha value is -1.66. The fraction of sp³-hybridized carbons (Fsp3) is 0.854. The number of methoxy groups -OCH3 is 2. The van der Waals surface area contributed by atoms with E-state index in [2.05, 4.69) is 51.9 Å². The summed E-state index contributed by atoms with van der Waals surface area (Å²) in [6.45, 7) is 10.5. The maximum atomic E-state index is 14.7. The molecule has 288 valence electrons. The van der Waals surface area contributed by atoms with Gasteiger partial charge in [-0.1, -0.05) is 31.6 Å². The quantitative estimate of drug-likeness (QED) is 0.212. The third kappa shape index (κ3) is 8.37. The van der Waals surface area contributed by atoms with E-state index >= 15 is 0 Å². The lowest BCUT2D eigenvalue weighted by Crippen LogP contribution is -2.50. The Labute approximate surface area is 306 Å². The van der Waals surface area contributed by atoms with Gasteiger partial charge in [0.05, 0.1) is 36.9 Å². The van der Waals surface area contributed by atoms with E-state index in [-0.39, 0.29) is 97.2 Å². The zero-order chi connectivity index (χ0) is 36.6. The summed E-state index contributed by atoms with van der Waals surface area (Å²) in [6.07, 6.45) is 10.7. The highest BCUT2D eigenvalue weighted by atomic mass is 16.7. The molecule has 0 radical (unpaired) electrons. The van der Waals surface area contributed by atoms with Gasteiger partial charge in [0.1, 0.15) is 12.2 Å². The highest BCUT2D eigenvalue weighted by Crippen LogP contribution is 2.56. The Morgan fingerprint density at radius 3 is 2.27 bits per heavy atom. The monoisotopic (exact) mass is 715 g/mol. The average Bonchev–Trinajstić information content (AvgIpc) is 3.67. The number of Topliss-reactive ketones (excluding diaryl/α,β-unsaturated/α-hetero) is 1. The summed E-state index contributed by atoms with van der Waals surface area (Å²) in [6, 6.07) is 0.345. The van der Waals surface area contributed by atoms with Crippen molar-refractivity contribution in [2.45, 2.75) is 160 Å². The van der Waals surface area contributed by atoms with Crippen LogP contribution in [0.25, 0.3) is 0 Å². The average molecular weight is 716 g/mol. The summed E-state index contributed by atoms with van der Waals surface area (Å²) in [5.41, 5.74) is 2.12. The van der Waals surface area contributed by atoms with E-state index in [0.29, 0.717) is 24.3 Å². The molecule has 51 heavy (non-hydrogen) atoms. The lowest BCUT2D eigenvalue weighted by Gasteiger charge is -2.40. The van der Waals surface area contributed by atoms with Crippen molar-refractivity contribution in [2.24, 2.45) is 35.5 Å². The van der Waals surface area contributed by atoms with Gasteiger partial charge in [-0.2, -0.15) is 0 Å². The first-order valence-electron chi connectivity index (χ1n) is 19.9. The molecule has 4 fully saturated rings. The topological polar surface area (TPSA) is 102 Å². The fourth-order valence-electron chi connectivity index (χ4n) is 10.5. The highest BCUT2D eigenvalue weighted by molar-refractivity contribution is 5.99. The van der Waals surface area contributed by atoms with Crippen LogP contribution < -0.4 is 0 Å². The van der Waals surface area contributed by atoms with Crippen LogP contribution in [0.3, 0.4) is 0 Å². The van der Waals surface area contributed by atoms with Gasteiger partial charge in [0, 0.05) is 38.5 Å². The summed E-state index contributed by atoms with van der Waals surface area (Å²) < 4.78 is 43.6. The van der Waals surface area contributed by atoms with Gasteiger partial charge in [0.15, 0.2) is 18.4 Å². The van der Waals surface area contributed by atoms with Crippen molar-refractivity contribution < 1.29 is 42.7 Å². The van der Waals surface area contributed by atoms with Crippen molar-refractivity contribution in [3.63, 3.8) is 0 Å². The minimum absolute atomic E-state index is 0.0357. The Bertz CT molecular complexity index is 1280. The maximum absolute atomic E-state index is 14.7. The molecule has 0 aromatic carbocycles. The van der Waals surface area contributed by atoms with Gasteiger partial charge in [-0.15, -0.1) is 0 Å². The van der Waals surface area contributed by atoms with Crippen molar-refractivity contribution >= 4 is 11.8 Å². The lowest BCUT2D eigenvalue weighted by molar-refractivity contribution is -0.266. The first kappa shape index (κ1) is 39.0. The van der Waals surface area contributed by atoms with E-state index in [1.165, 1.54) is 5.57 Å². The molecule has 0 aromatic rings. The van der Waals surface area contributed by atoms with Crippen LogP contribution in [-0.2, 0) is 42.7 Å². The number of carbonyl (C=O) groups excluding carboxylic acids is 2. The van der Waals surface area contributed by atoms with E-state index in [1.54, 1.807) is 14.2 Å². The number of ketones is 1. The predicted octanol–water partition coefficient (Wildman–Crippen LogP) is 6.25. The SMILES string of the molecule is CC[C@H]1CCC[C@H](O[C@H]2CC[C@H](N(C)C)[C@@H](C)O2)[C@@H](C)C(=O)C2=C[C@@H]3[C@@H](C=C(C)[C@@H]4C[C@@H](O[C@H]5C[C@H](OC)[C@@H](OC)[C@H](C)O5)C[C@@H]34)[C@@H]2CC(=O)O1. The number of rotatable bonds is 8.